The maximum absolute atomic E-state index is 6.36. The number of nitrogens with zero attached hydrogens (tertiary/aromatic N) is 4. The molecule has 4 rings (SSSR count). The molecule has 4 aromatic rings. The van der Waals surface area contributed by atoms with Crippen molar-refractivity contribution < 1.29 is 0 Å². The summed E-state index contributed by atoms with van der Waals surface area (Å²) in [5.41, 5.74) is 3.36. The number of pyridine rings is 1. The molecule has 0 aliphatic rings. The first-order chi connectivity index (χ1) is 12.0. The third kappa shape index (κ3) is 2.86. The molecule has 0 saturated carbocycles. The first kappa shape index (κ1) is 16.3. The van der Waals surface area contributed by atoms with Crippen LogP contribution in [0, 0.1) is 6.92 Å². The van der Waals surface area contributed by atoms with Crippen LogP contribution in [0.3, 0.4) is 0 Å². The summed E-state index contributed by atoms with van der Waals surface area (Å²) >= 11 is 14.1. The molecule has 8 heteroatoms. The highest BCUT2D eigenvalue weighted by Crippen LogP contribution is 2.36. The van der Waals surface area contributed by atoms with Gasteiger partial charge in [0.1, 0.15) is 16.3 Å². The van der Waals surface area contributed by atoms with Crippen LogP contribution in [0.15, 0.2) is 36.5 Å². The molecule has 0 spiro atoms. The van der Waals surface area contributed by atoms with Gasteiger partial charge >= 0.3 is 0 Å². The Kier molecular flexibility index (Phi) is 4.11. The lowest BCUT2D eigenvalue weighted by Crippen LogP contribution is -1.94. The Morgan fingerprint density at radius 1 is 1.16 bits per heavy atom. The predicted octanol–water partition coefficient (Wildman–Crippen LogP) is 5.45. The molecule has 0 bridgehead atoms. The van der Waals surface area contributed by atoms with Crippen molar-refractivity contribution in [1.82, 2.24) is 18.9 Å². The van der Waals surface area contributed by atoms with Crippen LogP contribution in [0.4, 0.5) is 10.8 Å². The van der Waals surface area contributed by atoms with Gasteiger partial charge in [-0.15, -0.1) is 0 Å². The Balaban J connectivity index is 1.89. The molecule has 3 heterocycles. The van der Waals surface area contributed by atoms with E-state index < -0.39 is 0 Å². The van der Waals surface area contributed by atoms with Crippen LogP contribution >= 0.6 is 34.7 Å². The van der Waals surface area contributed by atoms with Crippen LogP contribution in [0.1, 0.15) is 5.69 Å². The summed E-state index contributed by atoms with van der Waals surface area (Å²) < 4.78 is 6.24. The van der Waals surface area contributed by atoms with Crippen molar-refractivity contribution in [1.29, 1.82) is 0 Å². The average Bonchev–Trinajstić information content (AvgIpc) is 3.13. The maximum Gasteiger partial charge on any atom is 0.159 e. The summed E-state index contributed by atoms with van der Waals surface area (Å²) in [7, 11) is 1.94. The largest absolute Gasteiger partial charge is 0.329 e. The highest BCUT2D eigenvalue weighted by molar-refractivity contribution is 7.10. The Morgan fingerprint density at radius 3 is 2.60 bits per heavy atom. The highest BCUT2D eigenvalue weighted by Gasteiger charge is 2.18. The lowest BCUT2D eigenvalue weighted by Gasteiger charge is -2.06. The summed E-state index contributed by atoms with van der Waals surface area (Å²) in [5, 5.41) is 5.33. The van der Waals surface area contributed by atoms with E-state index in [0.717, 1.165) is 21.7 Å². The first-order valence-corrected chi connectivity index (χ1v) is 9.03. The smallest absolute Gasteiger partial charge is 0.159 e. The number of rotatable bonds is 3. The van der Waals surface area contributed by atoms with Gasteiger partial charge in [0.05, 0.1) is 26.8 Å². The fraction of sp³-hybridized carbons (Fsp3) is 0.118. The van der Waals surface area contributed by atoms with Gasteiger partial charge in [-0.3, -0.25) is 0 Å². The van der Waals surface area contributed by atoms with Gasteiger partial charge < -0.3 is 9.88 Å². The molecule has 3 aromatic heterocycles. The van der Waals surface area contributed by atoms with Crippen molar-refractivity contribution in [3.8, 4) is 11.4 Å². The van der Waals surface area contributed by atoms with Gasteiger partial charge in [0.2, 0.25) is 0 Å². The van der Waals surface area contributed by atoms with Crippen molar-refractivity contribution in [3.63, 3.8) is 0 Å². The molecule has 0 aliphatic heterocycles. The number of hydrogen-bond acceptors (Lipinski definition) is 5. The van der Waals surface area contributed by atoms with Crippen molar-refractivity contribution in [2.45, 2.75) is 6.92 Å². The SMILES string of the molecule is Cc1cc(Nc2nccc3c2nc(-c2c(Cl)cccc2Cl)n3C)sn1. The zero-order chi connectivity index (χ0) is 17.6. The standard InChI is InChI=1S/C17H13Cl2N5S/c1-9-8-13(25-23-9)21-16-15-12(6-7-20-16)24(2)17(22-15)14-10(18)4-3-5-11(14)19/h3-8H,1-2H3,(H,20,21). The average molecular weight is 390 g/mol. The third-order valence-corrected chi connectivity index (χ3v) is 5.28. The summed E-state index contributed by atoms with van der Waals surface area (Å²) in [6.07, 6.45) is 1.75. The first-order valence-electron chi connectivity index (χ1n) is 7.51. The molecular weight excluding hydrogens is 377 g/mol. The second kappa shape index (κ2) is 6.29. The third-order valence-electron chi connectivity index (χ3n) is 3.86. The van der Waals surface area contributed by atoms with Gasteiger partial charge in [0.15, 0.2) is 5.82 Å². The number of hydrogen-bond donors (Lipinski definition) is 1. The van der Waals surface area contributed by atoms with Crippen molar-refractivity contribution in [2.24, 2.45) is 7.05 Å². The lowest BCUT2D eigenvalue weighted by atomic mass is 10.2. The Bertz CT molecular complexity index is 1070. The number of aromatic nitrogens is 4. The monoisotopic (exact) mass is 389 g/mol. The molecule has 0 saturated heterocycles. The maximum atomic E-state index is 6.36. The lowest BCUT2D eigenvalue weighted by molar-refractivity contribution is 0.959. The number of anilines is 2. The molecule has 0 unspecified atom stereocenters. The van der Waals surface area contributed by atoms with Gasteiger partial charge in [-0.05, 0) is 42.7 Å². The minimum atomic E-state index is 0.562. The predicted molar refractivity (Wildman–Crippen MR) is 104 cm³/mol. The normalized spacial score (nSPS) is 11.2. The van der Waals surface area contributed by atoms with E-state index in [4.69, 9.17) is 28.2 Å². The van der Waals surface area contributed by atoms with Gasteiger partial charge in [0.25, 0.3) is 0 Å². The van der Waals surface area contributed by atoms with E-state index in [1.807, 2.05) is 36.7 Å². The Labute approximate surface area is 158 Å². The summed E-state index contributed by atoms with van der Waals surface area (Å²) in [5.74, 6) is 1.37. The summed E-state index contributed by atoms with van der Waals surface area (Å²) in [6, 6.07) is 9.32. The molecule has 0 aliphatic carbocycles. The molecule has 126 valence electrons. The number of imidazole rings is 1. The summed E-state index contributed by atoms with van der Waals surface area (Å²) in [4.78, 5) is 9.19. The number of aryl methyl sites for hydroxylation is 2. The van der Waals surface area contributed by atoms with E-state index in [9.17, 15) is 0 Å². The van der Waals surface area contributed by atoms with Crippen LogP contribution in [-0.4, -0.2) is 18.9 Å². The van der Waals surface area contributed by atoms with Gasteiger partial charge in [0, 0.05) is 13.2 Å². The van der Waals surface area contributed by atoms with E-state index in [1.165, 1.54) is 11.5 Å². The quantitative estimate of drug-likeness (QED) is 0.505. The van der Waals surface area contributed by atoms with Crippen LogP contribution in [-0.2, 0) is 7.05 Å². The fourth-order valence-electron chi connectivity index (χ4n) is 2.69. The zero-order valence-electron chi connectivity index (χ0n) is 13.4. The molecule has 0 radical (unpaired) electrons. The number of halogens is 2. The van der Waals surface area contributed by atoms with Crippen LogP contribution < -0.4 is 5.32 Å². The van der Waals surface area contributed by atoms with Gasteiger partial charge in [-0.25, -0.2) is 9.97 Å². The zero-order valence-corrected chi connectivity index (χ0v) is 15.7. The molecule has 5 nitrogen and oxygen atoms in total. The van der Waals surface area contributed by atoms with E-state index in [0.29, 0.717) is 27.3 Å². The van der Waals surface area contributed by atoms with E-state index in [2.05, 4.69) is 14.7 Å². The second-order valence-corrected chi connectivity index (χ2v) is 7.20. The number of fused-ring (bicyclic) bond motifs is 1. The fourth-order valence-corrected chi connectivity index (χ4v) is 3.91. The minimum Gasteiger partial charge on any atom is -0.329 e. The summed E-state index contributed by atoms with van der Waals surface area (Å²) in [6.45, 7) is 1.95. The van der Waals surface area contributed by atoms with Gasteiger partial charge in [-0.2, -0.15) is 4.37 Å². The molecule has 1 N–H and O–H groups in total. The van der Waals surface area contributed by atoms with Crippen molar-refractivity contribution >= 4 is 56.6 Å². The molecule has 0 atom stereocenters. The molecule has 0 amide bonds. The van der Waals surface area contributed by atoms with Crippen LogP contribution in [0.25, 0.3) is 22.4 Å². The van der Waals surface area contributed by atoms with Crippen molar-refractivity contribution in [2.75, 3.05) is 5.32 Å². The molecular formula is C17H13Cl2N5S. The van der Waals surface area contributed by atoms with E-state index in [-0.39, 0.29) is 0 Å². The molecule has 25 heavy (non-hydrogen) atoms. The minimum absolute atomic E-state index is 0.562. The second-order valence-electron chi connectivity index (χ2n) is 5.58. The van der Waals surface area contributed by atoms with Gasteiger partial charge in [-0.1, -0.05) is 29.3 Å². The van der Waals surface area contributed by atoms with E-state index in [1.54, 1.807) is 18.3 Å². The Hall–Kier alpha value is -2.15. The molecule has 1 aromatic carbocycles. The van der Waals surface area contributed by atoms with E-state index >= 15 is 0 Å². The number of nitrogens with one attached hydrogen (secondary N) is 1. The van der Waals surface area contributed by atoms with Crippen LogP contribution in [0.2, 0.25) is 10.0 Å². The number of benzene rings is 1. The van der Waals surface area contributed by atoms with Crippen molar-refractivity contribution in [3.05, 3.63) is 52.3 Å². The molecule has 0 fully saturated rings. The Morgan fingerprint density at radius 2 is 1.92 bits per heavy atom. The topological polar surface area (TPSA) is 55.6 Å². The highest BCUT2D eigenvalue weighted by atomic mass is 35.5. The van der Waals surface area contributed by atoms with Crippen LogP contribution in [0.5, 0.6) is 0 Å².